The van der Waals surface area contributed by atoms with Crippen LogP contribution in [0.1, 0.15) is 11.1 Å². The van der Waals surface area contributed by atoms with E-state index in [0.29, 0.717) is 5.95 Å². The van der Waals surface area contributed by atoms with E-state index in [4.69, 9.17) is 4.74 Å². The molecule has 2 N–H and O–H groups in total. The summed E-state index contributed by atoms with van der Waals surface area (Å²) >= 11 is 0. The molecule has 1 aliphatic heterocycles. The van der Waals surface area contributed by atoms with Gasteiger partial charge in [0.05, 0.1) is 12.8 Å². The Kier molecular flexibility index (Phi) is 4.89. The molecule has 0 unspecified atom stereocenters. The van der Waals surface area contributed by atoms with Gasteiger partial charge < -0.3 is 20.3 Å². The van der Waals surface area contributed by atoms with Crippen LogP contribution < -0.4 is 15.4 Å². The SMILES string of the molecule is COc1cc2c(cc1Nc1nccc(Nc3ccccc3)n1)CN(C)CC2. The second-order valence-electron chi connectivity index (χ2n) is 6.69. The Morgan fingerprint density at radius 2 is 1.89 bits per heavy atom. The minimum absolute atomic E-state index is 0.526. The van der Waals surface area contributed by atoms with Gasteiger partial charge in [0.25, 0.3) is 0 Å². The number of likely N-dealkylation sites (N-methyl/N-ethyl adjacent to an activating group) is 1. The Hall–Kier alpha value is -3.12. The first-order valence-corrected chi connectivity index (χ1v) is 9.02. The van der Waals surface area contributed by atoms with Crippen molar-refractivity contribution in [3.63, 3.8) is 0 Å². The van der Waals surface area contributed by atoms with Crippen molar-refractivity contribution in [1.29, 1.82) is 0 Å². The van der Waals surface area contributed by atoms with Crippen molar-refractivity contribution in [2.24, 2.45) is 0 Å². The summed E-state index contributed by atoms with van der Waals surface area (Å²) in [4.78, 5) is 11.2. The average Bonchev–Trinajstić information content (AvgIpc) is 2.68. The summed E-state index contributed by atoms with van der Waals surface area (Å²) in [5.74, 6) is 2.07. The number of rotatable bonds is 5. The maximum atomic E-state index is 5.59. The van der Waals surface area contributed by atoms with Gasteiger partial charge in [0.2, 0.25) is 5.95 Å². The molecule has 0 saturated heterocycles. The maximum Gasteiger partial charge on any atom is 0.229 e. The molecule has 6 nitrogen and oxygen atoms in total. The van der Waals surface area contributed by atoms with Gasteiger partial charge in [-0.25, -0.2) is 4.98 Å². The lowest BCUT2D eigenvalue weighted by atomic mass is 9.99. The van der Waals surface area contributed by atoms with E-state index in [1.54, 1.807) is 13.3 Å². The van der Waals surface area contributed by atoms with Crippen molar-refractivity contribution < 1.29 is 4.74 Å². The van der Waals surface area contributed by atoms with Crippen LogP contribution in [0.5, 0.6) is 5.75 Å². The van der Waals surface area contributed by atoms with Crippen LogP contribution in [0.3, 0.4) is 0 Å². The fourth-order valence-electron chi connectivity index (χ4n) is 3.27. The average molecular weight is 361 g/mol. The largest absolute Gasteiger partial charge is 0.495 e. The highest BCUT2D eigenvalue weighted by Gasteiger charge is 2.17. The Morgan fingerprint density at radius 1 is 1.04 bits per heavy atom. The summed E-state index contributed by atoms with van der Waals surface area (Å²) in [5.41, 5.74) is 4.52. The van der Waals surface area contributed by atoms with Crippen molar-refractivity contribution in [3.05, 3.63) is 65.9 Å². The van der Waals surface area contributed by atoms with E-state index in [9.17, 15) is 0 Å². The van der Waals surface area contributed by atoms with Crippen LogP contribution in [0.2, 0.25) is 0 Å². The molecule has 0 aliphatic carbocycles. The smallest absolute Gasteiger partial charge is 0.229 e. The van der Waals surface area contributed by atoms with Crippen LogP contribution in [0.25, 0.3) is 0 Å². The number of aromatic nitrogens is 2. The van der Waals surface area contributed by atoms with Gasteiger partial charge in [-0.05, 0) is 54.9 Å². The molecule has 27 heavy (non-hydrogen) atoms. The first kappa shape index (κ1) is 17.3. The monoisotopic (exact) mass is 361 g/mol. The van der Waals surface area contributed by atoms with Crippen LogP contribution in [0.15, 0.2) is 54.7 Å². The van der Waals surface area contributed by atoms with Gasteiger partial charge in [-0.15, -0.1) is 0 Å². The Morgan fingerprint density at radius 3 is 2.70 bits per heavy atom. The molecule has 1 aromatic heterocycles. The number of hydrogen-bond donors (Lipinski definition) is 2. The van der Waals surface area contributed by atoms with Crippen LogP contribution in [0.4, 0.5) is 23.1 Å². The molecule has 0 saturated carbocycles. The number of ether oxygens (including phenoxy) is 1. The molecular formula is C21H23N5O. The number of methoxy groups -OCH3 is 1. The zero-order valence-electron chi connectivity index (χ0n) is 15.6. The molecule has 0 amide bonds. The van der Waals surface area contributed by atoms with Crippen molar-refractivity contribution in [2.75, 3.05) is 31.3 Å². The summed E-state index contributed by atoms with van der Waals surface area (Å²) in [5, 5.41) is 6.59. The van der Waals surface area contributed by atoms with E-state index in [1.807, 2.05) is 36.4 Å². The molecule has 2 aromatic carbocycles. The van der Waals surface area contributed by atoms with Gasteiger partial charge >= 0.3 is 0 Å². The number of hydrogen-bond acceptors (Lipinski definition) is 6. The Labute approximate surface area is 159 Å². The summed E-state index contributed by atoms with van der Waals surface area (Å²) in [6, 6.07) is 16.1. The normalized spacial score (nSPS) is 13.7. The Bertz CT molecular complexity index is 929. The molecule has 0 fully saturated rings. The Balaban J connectivity index is 1.58. The highest BCUT2D eigenvalue weighted by Crippen LogP contribution is 2.33. The summed E-state index contributed by atoms with van der Waals surface area (Å²) in [6.45, 7) is 2.00. The van der Waals surface area contributed by atoms with Crippen LogP contribution in [-0.4, -0.2) is 35.6 Å². The molecule has 3 aromatic rings. The number of nitrogens with zero attached hydrogens (tertiary/aromatic N) is 3. The zero-order valence-corrected chi connectivity index (χ0v) is 15.6. The van der Waals surface area contributed by atoms with Gasteiger partial charge in [0, 0.05) is 25.0 Å². The molecule has 6 heteroatoms. The third-order valence-corrected chi connectivity index (χ3v) is 4.67. The first-order valence-electron chi connectivity index (χ1n) is 9.02. The lowest BCUT2D eigenvalue weighted by Gasteiger charge is -2.26. The van der Waals surface area contributed by atoms with Gasteiger partial charge in [0.15, 0.2) is 0 Å². The van der Waals surface area contributed by atoms with Gasteiger partial charge in [-0.3, -0.25) is 0 Å². The second kappa shape index (κ2) is 7.63. The molecule has 0 atom stereocenters. The highest BCUT2D eigenvalue weighted by atomic mass is 16.5. The molecule has 4 rings (SSSR count). The van der Waals surface area contributed by atoms with Gasteiger partial charge in [-0.1, -0.05) is 18.2 Å². The predicted octanol–water partition coefficient (Wildman–Crippen LogP) is 3.96. The van der Waals surface area contributed by atoms with E-state index in [-0.39, 0.29) is 0 Å². The molecule has 2 heterocycles. The van der Waals surface area contributed by atoms with E-state index in [0.717, 1.165) is 42.5 Å². The number of fused-ring (bicyclic) bond motifs is 1. The molecule has 138 valence electrons. The minimum atomic E-state index is 0.526. The van der Waals surface area contributed by atoms with Crippen molar-refractivity contribution >= 4 is 23.1 Å². The number of benzene rings is 2. The zero-order chi connectivity index (χ0) is 18.6. The van der Waals surface area contributed by atoms with E-state index >= 15 is 0 Å². The van der Waals surface area contributed by atoms with E-state index < -0.39 is 0 Å². The van der Waals surface area contributed by atoms with E-state index in [2.05, 4.69) is 44.7 Å². The lowest BCUT2D eigenvalue weighted by molar-refractivity contribution is 0.312. The number of anilines is 4. The van der Waals surface area contributed by atoms with Crippen LogP contribution >= 0.6 is 0 Å². The first-order chi connectivity index (χ1) is 13.2. The van der Waals surface area contributed by atoms with Crippen LogP contribution in [-0.2, 0) is 13.0 Å². The topological polar surface area (TPSA) is 62.3 Å². The van der Waals surface area contributed by atoms with Crippen molar-refractivity contribution in [2.45, 2.75) is 13.0 Å². The summed E-state index contributed by atoms with van der Waals surface area (Å²) < 4.78 is 5.59. The fourth-order valence-corrected chi connectivity index (χ4v) is 3.27. The second-order valence-corrected chi connectivity index (χ2v) is 6.69. The minimum Gasteiger partial charge on any atom is -0.495 e. The van der Waals surface area contributed by atoms with Gasteiger partial charge in [-0.2, -0.15) is 4.98 Å². The number of nitrogens with one attached hydrogen (secondary N) is 2. The van der Waals surface area contributed by atoms with Crippen molar-refractivity contribution in [1.82, 2.24) is 14.9 Å². The lowest BCUT2D eigenvalue weighted by Crippen LogP contribution is -2.26. The predicted molar refractivity (Wildman–Crippen MR) is 108 cm³/mol. The molecule has 0 spiro atoms. The van der Waals surface area contributed by atoms with Crippen molar-refractivity contribution in [3.8, 4) is 5.75 Å². The third kappa shape index (κ3) is 4.01. The maximum absolute atomic E-state index is 5.59. The number of para-hydroxylation sites is 1. The molecule has 0 bridgehead atoms. The van der Waals surface area contributed by atoms with Gasteiger partial charge in [0.1, 0.15) is 11.6 Å². The summed E-state index contributed by atoms with van der Waals surface area (Å²) in [6.07, 6.45) is 2.77. The molecule has 1 aliphatic rings. The fraction of sp³-hybridized carbons (Fsp3) is 0.238. The molecular weight excluding hydrogens is 338 g/mol. The molecule has 0 radical (unpaired) electrons. The third-order valence-electron chi connectivity index (χ3n) is 4.67. The van der Waals surface area contributed by atoms with Crippen LogP contribution in [0, 0.1) is 0 Å². The van der Waals surface area contributed by atoms with E-state index in [1.165, 1.54) is 11.1 Å². The highest BCUT2D eigenvalue weighted by molar-refractivity contribution is 5.66. The quantitative estimate of drug-likeness (QED) is 0.717. The summed E-state index contributed by atoms with van der Waals surface area (Å²) in [7, 11) is 3.83. The standard InChI is InChI=1S/C21H23N5O/c1-26-11-9-15-13-19(27-2)18(12-16(15)14-26)24-21-22-10-8-20(25-21)23-17-6-4-3-5-7-17/h3-8,10,12-13H,9,11,14H2,1-2H3,(H2,22,23,24,25).